The molecule has 0 N–H and O–H groups in total. The molecule has 8 heteroatoms. The Bertz CT molecular complexity index is 477. The summed E-state index contributed by atoms with van der Waals surface area (Å²) in [5.41, 5.74) is -1.99. The Kier molecular flexibility index (Phi) is 4.65. The van der Waals surface area contributed by atoms with Gasteiger partial charge in [0.25, 0.3) is 0 Å². The SMILES string of the molecule is O=C(CCC(F)(F)F)c1ccc(Br)cc1C(F)(F)F. The van der Waals surface area contributed by atoms with Crippen LogP contribution in [-0.2, 0) is 6.18 Å². The highest BCUT2D eigenvalue weighted by Crippen LogP contribution is 2.35. The van der Waals surface area contributed by atoms with Gasteiger partial charge in [0.15, 0.2) is 5.78 Å². The van der Waals surface area contributed by atoms with E-state index in [1.54, 1.807) is 0 Å². The summed E-state index contributed by atoms with van der Waals surface area (Å²) in [6.07, 6.45) is -11.8. The van der Waals surface area contributed by atoms with E-state index in [4.69, 9.17) is 0 Å². The van der Waals surface area contributed by atoms with Crippen molar-refractivity contribution in [3.63, 3.8) is 0 Å². The van der Waals surface area contributed by atoms with E-state index in [-0.39, 0.29) is 4.47 Å². The van der Waals surface area contributed by atoms with Crippen molar-refractivity contribution in [2.45, 2.75) is 25.2 Å². The van der Waals surface area contributed by atoms with Gasteiger partial charge in [0.05, 0.1) is 12.0 Å². The van der Waals surface area contributed by atoms with Crippen molar-refractivity contribution in [3.05, 3.63) is 33.8 Å². The second-order valence-corrected chi connectivity index (χ2v) is 4.64. The molecule has 1 rings (SSSR count). The summed E-state index contributed by atoms with van der Waals surface area (Å²) >= 11 is 2.82. The average Bonchev–Trinajstić information content (AvgIpc) is 2.23. The Balaban J connectivity index is 3.03. The van der Waals surface area contributed by atoms with Crippen LogP contribution in [0.3, 0.4) is 0 Å². The van der Waals surface area contributed by atoms with Crippen LogP contribution in [0, 0.1) is 0 Å². The normalized spacial score (nSPS) is 12.6. The van der Waals surface area contributed by atoms with Gasteiger partial charge >= 0.3 is 12.4 Å². The summed E-state index contributed by atoms with van der Waals surface area (Å²) in [5.74, 6) is -1.18. The van der Waals surface area contributed by atoms with Crippen molar-refractivity contribution >= 4 is 21.7 Å². The van der Waals surface area contributed by atoms with E-state index in [1.807, 2.05) is 0 Å². The monoisotopic (exact) mass is 348 g/mol. The number of carbonyl (C=O) groups is 1. The second-order valence-electron chi connectivity index (χ2n) is 3.73. The number of benzene rings is 1. The minimum absolute atomic E-state index is 0.0900. The number of ketones is 1. The first-order valence-electron chi connectivity index (χ1n) is 4.97. The quantitative estimate of drug-likeness (QED) is 0.555. The van der Waals surface area contributed by atoms with Gasteiger partial charge in [-0.05, 0) is 18.2 Å². The van der Waals surface area contributed by atoms with Crippen LogP contribution in [0.25, 0.3) is 0 Å². The molecule has 0 aromatic heterocycles. The van der Waals surface area contributed by atoms with Crippen LogP contribution in [0.15, 0.2) is 22.7 Å². The van der Waals surface area contributed by atoms with Crippen LogP contribution in [-0.4, -0.2) is 12.0 Å². The highest BCUT2D eigenvalue weighted by atomic mass is 79.9. The molecule has 0 spiro atoms. The predicted octanol–water partition coefficient (Wildman–Crippen LogP) is 4.99. The Hall–Kier alpha value is -1.05. The lowest BCUT2D eigenvalue weighted by molar-refractivity contribution is -0.138. The molecule has 0 aliphatic rings. The summed E-state index contributed by atoms with van der Waals surface area (Å²) < 4.78 is 73.9. The lowest BCUT2D eigenvalue weighted by atomic mass is 10.00. The van der Waals surface area contributed by atoms with Gasteiger partial charge in [0.2, 0.25) is 0 Å². The molecular weight excluding hydrogens is 342 g/mol. The van der Waals surface area contributed by atoms with E-state index in [0.29, 0.717) is 6.07 Å². The van der Waals surface area contributed by atoms with Gasteiger partial charge in [-0.25, -0.2) is 0 Å². The molecule has 1 nitrogen and oxygen atoms in total. The standard InChI is InChI=1S/C11H7BrF6O/c12-6-1-2-7(8(5-6)11(16,17)18)9(19)3-4-10(13,14)15/h1-2,5H,3-4H2. The molecule has 0 aliphatic heterocycles. The van der Waals surface area contributed by atoms with Crippen molar-refractivity contribution < 1.29 is 31.1 Å². The highest BCUT2D eigenvalue weighted by Gasteiger charge is 2.36. The van der Waals surface area contributed by atoms with Gasteiger partial charge in [-0.1, -0.05) is 15.9 Å². The zero-order valence-corrected chi connectivity index (χ0v) is 10.8. The molecule has 0 heterocycles. The first-order chi connectivity index (χ1) is 8.50. The molecule has 1 aromatic carbocycles. The summed E-state index contributed by atoms with van der Waals surface area (Å²) in [7, 11) is 0. The topological polar surface area (TPSA) is 17.1 Å². The van der Waals surface area contributed by atoms with Gasteiger partial charge in [-0.2, -0.15) is 26.3 Å². The number of hydrogen-bond donors (Lipinski definition) is 0. The first kappa shape index (κ1) is 16.0. The van der Waals surface area contributed by atoms with Crippen molar-refractivity contribution in [2.75, 3.05) is 0 Å². The third-order valence-electron chi connectivity index (χ3n) is 2.22. The fraction of sp³-hybridized carbons (Fsp3) is 0.364. The first-order valence-corrected chi connectivity index (χ1v) is 5.77. The van der Waals surface area contributed by atoms with E-state index in [9.17, 15) is 31.1 Å². The summed E-state index contributed by atoms with van der Waals surface area (Å²) in [6.45, 7) is 0. The Morgan fingerprint density at radius 3 is 2.16 bits per heavy atom. The molecule has 0 radical (unpaired) electrons. The van der Waals surface area contributed by atoms with Crippen LogP contribution in [0.4, 0.5) is 26.3 Å². The number of carbonyl (C=O) groups excluding carboxylic acids is 1. The van der Waals surface area contributed by atoms with E-state index in [2.05, 4.69) is 15.9 Å². The molecule has 106 valence electrons. The predicted molar refractivity (Wildman–Crippen MR) is 58.8 cm³/mol. The lowest BCUT2D eigenvalue weighted by Gasteiger charge is -2.13. The van der Waals surface area contributed by atoms with Crippen molar-refractivity contribution in [1.82, 2.24) is 0 Å². The molecule has 0 saturated heterocycles. The molecule has 1 aromatic rings. The van der Waals surface area contributed by atoms with Gasteiger partial charge in [0.1, 0.15) is 0 Å². The minimum Gasteiger partial charge on any atom is -0.294 e. The lowest BCUT2D eigenvalue weighted by Crippen LogP contribution is -2.16. The largest absolute Gasteiger partial charge is 0.417 e. The third kappa shape index (κ3) is 4.85. The van der Waals surface area contributed by atoms with E-state index in [1.165, 1.54) is 6.07 Å². The summed E-state index contributed by atoms with van der Waals surface area (Å²) in [5, 5.41) is 0. The van der Waals surface area contributed by atoms with Crippen molar-refractivity contribution in [3.8, 4) is 0 Å². The molecule has 0 amide bonds. The average molecular weight is 349 g/mol. The summed E-state index contributed by atoms with van der Waals surface area (Å²) in [6, 6.07) is 2.71. The number of halogens is 7. The molecule has 0 bridgehead atoms. The maximum absolute atomic E-state index is 12.7. The smallest absolute Gasteiger partial charge is 0.294 e. The van der Waals surface area contributed by atoms with Gasteiger partial charge in [-0.3, -0.25) is 4.79 Å². The Labute approximate surface area is 112 Å². The minimum atomic E-state index is -4.80. The Morgan fingerprint density at radius 2 is 1.68 bits per heavy atom. The molecule has 0 saturated carbocycles. The molecule has 19 heavy (non-hydrogen) atoms. The molecule has 0 atom stereocenters. The van der Waals surface area contributed by atoms with Crippen LogP contribution in [0.5, 0.6) is 0 Å². The molecule has 0 unspecified atom stereocenters. The maximum atomic E-state index is 12.7. The van der Waals surface area contributed by atoms with E-state index < -0.39 is 42.1 Å². The van der Waals surface area contributed by atoms with Gasteiger partial charge < -0.3 is 0 Å². The Morgan fingerprint density at radius 1 is 1.11 bits per heavy atom. The molecular formula is C11H7BrF6O. The number of alkyl halides is 6. The highest BCUT2D eigenvalue weighted by molar-refractivity contribution is 9.10. The second kappa shape index (κ2) is 5.52. The number of hydrogen-bond acceptors (Lipinski definition) is 1. The number of Topliss-reactive ketones (excluding diaryl/α,β-unsaturated/α-hetero) is 1. The third-order valence-corrected chi connectivity index (χ3v) is 2.72. The fourth-order valence-electron chi connectivity index (χ4n) is 1.38. The van der Waals surface area contributed by atoms with Crippen LogP contribution < -0.4 is 0 Å². The maximum Gasteiger partial charge on any atom is 0.417 e. The van der Waals surface area contributed by atoms with Crippen LogP contribution >= 0.6 is 15.9 Å². The van der Waals surface area contributed by atoms with Crippen molar-refractivity contribution in [2.24, 2.45) is 0 Å². The van der Waals surface area contributed by atoms with Gasteiger partial charge in [0, 0.05) is 16.5 Å². The summed E-state index contributed by atoms with van der Waals surface area (Å²) in [4.78, 5) is 11.5. The van der Waals surface area contributed by atoms with Crippen molar-refractivity contribution in [1.29, 1.82) is 0 Å². The molecule has 0 aliphatic carbocycles. The number of rotatable bonds is 3. The molecule has 0 fully saturated rings. The fourth-order valence-corrected chi connectivity index (χ4v) is 1.75. The van der Waals surface area contributed by atoms with Crippen LogP contribution in [0.2, 0.25) is 0 Å². The zero-order chi connectivity index (χ0) is 14.8. The van der Waals surface area contributed by atoms with E-state index in [0.717, 1.165) is 6.07 Å². The van der Waals surface area contributed by atoms with E-state index >= 15 is 0 Å². The van der Waals surface area contributed by atoms with Gasteiger partial charge in [-0.15, -0.1) is 0 Å². The van der Waals surface area contributed by atoms with Crippen LogP contribution in [0.1, 0.15) is 28.8 Å². The zero-order valence-electron chi connectivity index (χ0n) is 9.20.